The van der Waals surface area contributed by atoms with Crippen molar-refractivity contribution in [1.82, 2.24) is 0 Å². The number of epoxide rings is 1. The molecule has 1 heterocycles. The second-order valence-electron chi connectivity index (χ2n) is 15.3. The molecule has 0 aromatic rings. The van der Waals surface area contributed by atoms with Gasteiger partial charge in [0.05, 0.1) is 32.0 Å². The second-order valence-corrected chi connectivity index (χ2v) is 16.7. The number of unbranched alkanes of at least 4 members (excludes halogenated alkanes) is 18. The summed E-state index contributed by atoms with van der Waals surface area (Å²) in [5.41, 5.74) is 0. The van der Waals surface area contributed by atoms with Crippen LogP contribution < -0.4 is 0 Å². The molecule has 1 rings (SSSR count). The number of hydrogen-bond acceptors (Lipinski definition) is 11. The fraction of sp³-hybridized carbons (Fsp3) is 0.818. The molecular weight excluding hydrogens is 751 g/mol. The molecule has 1 fully saturated rings. The Bertz CT molecular complexity index is 1130. The standard InChI is InChI=1S/C44H79O12P/c1-3-5-7-9-11-12-13-14-15-16-17-18-19-21-26-30-43(48)52-36-40(37-54-57(50,51)53-35-39(47)34-45)55-44(49)31-27-23-22-24-28-38(46)32-33-42-41(56-42)29-25-20-10-8-6-4-2/h20,22,24-25,32-33,38-42,45-47H,3-19,21,23,26-31,34-37H2,1-2H3,(H,50,51)/b24-22+,25-20+,33-32-. The fourth-order valence-corrected chi connectivity index (χ4v) is 6.91. The molecule has 0 aromatic carbocycles. The molecule has 13 heteroatoms. The van der Waals surface area contributed by atoms with Gasteiger partial charge in [0, 0.05) is 12.8 Å². The van der Waals surface area contributed by atoms with Gasteiger partial charge in [0.1, 0.15) is 18.8 Å². The lowest BCUT2D eigenvalue weighted by Crippen LogP contribution is -2.29. The summed E-state index contributed by atoms with van der Waals surface area (Å²) in [5, 5.41) is 28.6. The van der Waals surface area contributed by atoms with Crippen molar-refractivity contribution in [3.63, 3.8) is 0 Å². The van der Waals surface area contributed by atoms with E-state index in [9.17, 15) is 29.3 Å². The largest absolute Gasteiger partial charge is 0.472 e. The SMILES string of the molecule is CCCCC/C=C/CC1OC1/C=C\C(O)C/C=C/CCCC(=O)OC(COC(=O)CCCCCCCCCCCCCCCCC)COP(=O)(O)OCC(O)CO. The monoisotopic (exact) mass is 831 g/mol. The van der Waals surface area contributed by atoms with E-state index in [2.05, 4.69) is 30.5 Å². The van der Waals surface area contributed by atoms with Crippen LogP contribution in [0.15, 0.2) is 36.5 Å². The molecule has 6 atom stereocenters. The van der Waals surface area contributed by atoms with Crippen molar-refractivity contribution in [3.8, 4) is 0 Å². The van der Waals surface area contributed by atoms with Crippen molar-refractivity contribution >= 4 is 19.8 Å². The highest BCUT2D eigenvalue weighted by Gasteiger charge is 2.35. The molecule has 0 bridgehead atoms. The first-order valence-corrected chi connectivity index (χ1v) is 23.7. The average molecular weight is 831 g/mol. The number of allylic oxidation sites excluding steroid dienone is 2. The molecule has 0 aromatic heterocycles. The third kappa shape index (κ3) is 33.6. The maximum absolute atomic E-state index is 12.6. The van der Waals surface area contributed by atoms with Gasteiger partial charge in [0.25, 0.3) is 0 Å². The van der Waals surface area contributed by atoms with Crippen LogP contribution in [0.3, 0.4) is 0 Å². The molecule has 57 heavy (non-hydrogen) atoms. The normalized spacial score (nSPS) is 18.3. The van der Waals surface area contributed by atoms with Crippen molar-refractivity contribution in [3.05, 3.63) is 36.5 Å². The van der Waals surface area contributed by atoms with Crippen LogP contribution in [0, 0.1) is 0 Å². The van der Waals surface area contributed by atoms with Crippen molar-refractivity contribution in [2.75, 3.05) is 26.4 Å². The Balaban J connectivity index is 2.33. The Morgan fingerprint density at radius 1 is 0.684 bits per heavy atom. The van der Waals surface area contributed by atoms with Gasteiger partial charge in [-0.05, 0) is 44.9 Å². The number of ether oxygens (including phenoxy) is 3. The zero-order valence-corrected chi connectivity index (χ0v) is 36.3. The molecule has 1 aliphatic heterocycles. The Labute approximate surface area is 344 Å². The number of phosphoric acid groups is 1. The zero-order chi connectivity index (χ0) is 41.8. The number of phosphoric ester groups is 1. The van der Waals surface area contributed by atoms with E-state index in [1.54, 1.807) is 6.08 Å². The Morgan fingerprint density at radius 3 is 1.86 bits per heavy atom. The molecule has 0 spiro atoms. The summed E-state index contributed by atoms with van der Waals surface area (Å²) in [6.45, 7) is 2.17. The van der Waals surface area contributed by atoms with E-state index in [1.165, 1.54) is 89.9 Å². The lowest BCUT2D eigenvalue weighted by molar-refractivity contribution is -0.161. The number of carbonyl (C=O) groups is 2. The van der Waals surface area contributed by atoms with Crippen molar-refractivity contribution in [2.45, 2.75) is 205 Å². The summed E-state index contributed by atoms with van der Waals surface area (Å²) in [5.74, 6) is -1.06. The van der Waals surface area contributed by atoms with E-state index in [-0.39, 0.29) is 31.7 Å². The number of aliphatic hydroxyl groups excluding tert-OH is 3. The molecule has 0 radical (unpaired) electrons. The van der Waals surface area contributed by atoms with Gasteiger partial charge in [-0.15, -0.1) is 0 Å². The van der Waals surface area contributed by atoms with E-state index >= 15 is 0 Å². The third-order valence-electron chi connectivity index (χ3n) is 9.73. The first-order valence-electron chi connectivity index (χ1n) is 22.2. The van der Waals surface area contributed by atoms with Crippen LogP contribution in [0.1, 0.15) is 174 Å². The number of carbonyl (C=O) groups excluding carboxylic acids is 2. The Hall–Kier alpha value is -1.89. The number of rotatable bonds is 40. The van der Waals surface area contributed by atoms with E-state index < -0.39 is 57.9 Å². The lowest BCUT2D eigenvalue weighted by Gasteiger charge is -2.20. The van der Waals surface area contributed by atoms with Crippen LogP contribution in [-0.4, -0.2) is 89.1 Å². The number of esters is 2. The quantitative estimate of drug-likeness (QED) is 0.0151. The molecule has 4 N–H and O–H groups in total. The average Bonchev–Trinajstić information content (AvgIpc) is 3.96. The first kappa shape index (κ1) is 53.1. The topological polar surface area (TPSA) is 182 Å². The van der Waals surface area contributed by atoms with Crippen molar-refractivity contribution in [2.24, 2.45) is 0 Å². The van der Waals surface area contributed by atoms with Gasteiger partial charge in [-0.2, -0.15) is 0 Å². The predicted octanol–water partition coefficient (Wildman–Crippen LogP) is 9.52. The van der Waals surface area contributed by atoms with Gasteiger partial charge in [0.2, 0.25) is 0 Å². The van der Waals surface area contributed by atoms with Gasteiger partial charge < -0.3 is 34.4 Å². The minimum Gasteiger partial charge on any atom is -0.462 e. The smallest absolute Gasteiger partial charge is 0.462 e. The Morgan fingerprint density at radius 2 is 1.23 bits per heavy atom. The maximum Gasteiger partial charge on any atom is 0.472 e. The molecule has 1 saturated heterocycles. The van der Waals surface area contributed by atoms with Gasteiger partial charge in [0.15, 0.2) is 6.10 Å². The summed E-state index contributed by atoms with van der Waals surface area (Å²) in [4.78, 5) is 35.0. The van der Waals surface area contributed by atoms with Crippen LogP contribution >= 0.6 is 7.82 Å². The van der Waals surface area contributed by atoms with Crippen LogP contribution in [0.25, 0.3) is 0 Å². The first-order chi connectivity index (χ1) is 27.6. The zero-order valence-electron chi connectivity index (χ0n) is 35.4. The Kier molecular flexibility index (Phi) is 33.6. The lowest BCUT2D eigenvalue weighted by atomic mass is 10.0. The summed E-state index contributed by atoms with van der Waals surface area (Å²) in [6, 6.07) is 0. The van der Waals surface area contributed by atoms with E-state index in [0.717, 1.165) is 32.1 Å². The van der Waals surface area contributed by atoms with E-state index in [4.69, 9.17) is 23.8 Å². The van der Waals surface area contributed by atoms with Crippen LogP contribution in [0.2, 0.25) is 0 Å². The van der Waals surface area contributed by atoms with Crippen LogP contribution in [-0.2, 0) is 37.4 Å². The highest BCUT2D eigenvalue weighted by molar-refractivity contribution is 7.47. The summed E-state index contributed by atoms with van der Waals surface area (Å²) >= 11 is 0. The van der Waals surface area contributed by atoms with Gasteiger partial charge in [-0.3, -0.25) is 18.6 Å². The highest BCUT2D eigenvalue weighted by atomic mass is 31.2. The molecule has 0 saturated carbocycles. The summed E-state index contributed by atoms with van der Waals surface area (Å²) in [6.07, 6.45) is 34.5. The van der Waals surface area contributed by atoms with Gasteiger partial charge in [-0.1, -0.05) is 153 Å². The van der Waals surface area contributed by atoms with E-state index in [1.807, 2.05) is 18.2 Å². The minimum atomic E-state index is -4.66. The van der Waals surface area contributed by atoms with Crippen LogP contribution in [0.5, 0.6) is 0 Å². The van der Waals surface area contributed by atoms with Crippen molar-refractivity contribution in [1.29, 1.82) is 0 Å². The van der Waals surface area contributed by atoms with Crippen LogP contribution in [0.4, 0.5) is 0 Å². The minimum absolute atomic E-state index is 0.0415. The highest BCUT2D eigenvalue weighted by Crippen LogP contribution is 2.43. The number of aliphatic hydroxyl groups is 3. The molecule has 332 valence electrons. The summed E-state index contributed by atoms with van der Waals surface area (Å²) < 4.78 is 38.3. The molecule has 1 aliphatic rings. The van der Waals surface area contributed by atoms with Crippen molar-refractivity contribution < 1.29 is 57.6 Å². The molecular formula is C44H79O12P. The third-order valence-corrected chi connectivity index (χ3v) is 10.7. The molecule has 0 aliphatic carbocycles. The predicted molar refractivity (Wildman–Crippen MR) is 225 cm³/mol. The molecule has 6 unspecified atom stereocenters. The molecule has 0 amide bonds. The second kappa shape index (κ2) is 36.0. The summed E-state index contributed by atoms with van der Waals surface area (Å²) in [7, 11) is -4.66. The van der Waals surface area contributed by atoms with Gasteiger partial charge >= 0.3 is 19.8 Å². The van der Waals surface area contributed by atoms with E-state index in [0.29, 0.717) is 25.7 Å². The maximum atomic E-state index is 12.6. The van der Waals surface area contributed by atoms with Gasteiger partial charge in [-0.25, -0.2) is 4.57 Å². The number of hydrogen-bond donors (Lipinski definition) is 4. The molecule has 12 nitrogen and oxygen atoms in total. The fourth-order valence-electron chi connectivity index (χ4n) is 6.12.